The minimum absolute atomic E-state index is 0.0561. The van der Waals surface area contributed by atoms with Gasteiger partial charge in [-0.15, -0.1) is 0 Å². The van der Waals surface area contributed by atoms with Crippen LogP contribution in [0.2, 0.25) is 0 Å². The fourth-order valence-corrected chi connectivity index (χ4v) is 7.83. The van der Waals surface area contributed by atoms with Gasteiger partial charge in [0.1, 0.15) is 11.5 Å². The Hall–Kier alpha value is -2.66. The molecule has 1 aliphatic heterocycles. The number of nitrogens with zero attached hydrogens (tertiary/aromatic N) is 1. The van der Waals surface area contributed by atoms with Gasteiger partial charge < -0.3 is 9.84 Å². The summed E-state index contributed by atoms with van der Waals surface area (Å²) in [6, 6.07) is 13.7. The van der Waals surface area contributed by atoms with Crippen LogP contribution in [0.1, 0.15) is 98.9 Å². The van der Waals surface area contributed by atoms with Crippen LogP contribution in [0.3, 0.4) is 0 Å². The molecule has 202 valence electrons. The molecule has 0 bridgehead atoms. The Bertz CT molecular complexity index is 1200. The molecule has 38 heavy (non-hydrogen) atoms. The van der Waals surface area contributed by atoms with E-state index in [4.69, 9.17) is 4.74 Å². The predicted molar refractivity (Wildman–Crippen MR) is 149 cm³/mol. The number of carboxylic acids is 1. The van der Waals surface area contributed by atoms with Crippen LogP contribution in [0.4, 0.5) is 0 Å². The van der Waals surface area contributed by atoms with Gasteiger partial charge in [0.05, 0.1) is 17.7 Å². The predicted octanol–water partition coefficient (Wildman–Crippen LogP) is 7.09. The fraction of sp³-hybridized carbons (Fsp3) is 0.576. The first-order chi connectivity index (χ1) is 18.4. The average molecular weight is 516 g/mol. The van der Waals surface area contributed by atoms with Crippen molar-refractivity contribution < 1.29 is 19.4 Å². The number of benzene rings is 2. The van der Waals surface area contributed by atoms with E-state index >= 15 is 0 Å². The van der Waals surface area contributed by atoms with Crippen molar-refractivity contribution in [2.45, 2.75) is 95.1 Å². The molecule has 1 saturated heterocycles. The van der Waals surface area contributed by atoms with Gasteiger partial charge in [-0.05, 0) is 105 Å². The molecule has 3 saturated carbocycles. The van der Waals surface area contributed by atoms with E-state index in [1.807, 2.05) is 12.1 Å². The van der Waals surface area contributed by atoms with Crippen molar-refractivity contribution in [1.29, 1.82) is 0 Å². The standard InChI is InChI=1S/C33H41NO4/c1-34-21-33(15-4-5-16-33)20-29(34)30(35)18-22-11-13-25(17-22)38-31-14-12-24(32(36)37)19-28(31)27-10-3-2-9-26(27)23-7-6-8-23/h2-3,9-10,12,14,19,22-23,25,29H,4-8,11,13,15-18,20-21H2,1H3,(H,36,37)/t22-,25-,29-/m1/s1. The SMILES string of the molecule is CN1CC2(CCCC2)C[C@@H]1C(=O)C[C@@H]1CC[C@@H](Oc2ccc(C(=O)O)cc2-c2ccccc2C2CCC2)C1. The van der Waals surface area contributed by atoms with Crippen molar-refractivity contribution in [1.82, 2.24) is 4.90 Å². The molecule has 1 heterocycles. The van der Waals surface area contributed by atoms with Crippen molar-refractivity contribution in [2.24, 2.45) is 11.3 Å². The Balaban J connectivity index is 1.15. The molecule has 3 atom stereocenters. The molecule has 3 aliphatic carbocycles. The minimum atomic E-state index is -0.922. The number of Topliss-reactive ketones (excluding diaryl/α,β-unsaturated/α-hetero) is 1. The molecule has 6 rings (SSSR count). The topological polar surface area (TPSA) is 66.8 Å². The van der Waals surface area contributed by atoms with Gasteiger partial charge in [-0.3, -0.25) is 9.69 Å². The summed E-state index contributed by atoms with van der Waals surface area (Å²) >= 11 is 0. The zero-order chi connectivity index (χ0) is 26.3. The Kier molecular flexibility index (Phi) is 7.07. The zero-order valence-corrected chi connectivity index (χ0v) is 22.7. The molecule has 2 aromatic carbocycles. The zero-order valence-electron chi connectivity index (χ0n) is 22.7. The third kappa shape index (κ3) is 5.02. The molecule has 0 radical (unpaired) electrons. The summed E-state index contributed by atoms with van der Waals surface area (Å²) in [6.45, 7) is 1.08. The highest BCUT2D eigenvalue weighted by Gasteiger charge is 2.46. The lowest BCUT2D eigenvalue weighted by Gasteiger charge is -2.28. The van der Waals surface area contributed by atoms with E-state index < -0.39 is 5.97 Å². The van der Waals surface area contributed by atoms with Crippen molar-refractivity contribution in [3.05, 3.63) is 53.6 Å². The van der Waals surface area contributed by atoms with Crippen LogP contribution in [-0.2, 0) is 4.79 Å². The van der Waals surface area contributed by atoms with Crippen molar-refractivity contribution >= 4 is 11.8 Å². The van der Waals surface area contributed by atoms with E-state index in [0.29, 0.717) is 29.5 Å². The number of ketones is 1. The average Bonchev–Trinajstić information content (AvgIpc) is 3.59. The monoisotopic (exact) mass is 515 g/mol. The van der Waals surface area contributed by atoms with Crippen LogP contribution in [0.5, 0.6) is 5.75 Å². The summed E-state index contributed by atoms with van der Waals surface area (Å²) in [7, 11) is 2.14. The normalized spacial score (nSPS) is 27.0. The van der Waals surface area contributed by atoms with Gasteiger partial charge in [-0.1, -0.05) is 43.5 Å². The lowest BCUT2D eigenvalue weighted by atomic mass is 9.77. The lowest BCUT2D eigenvalue weighted by Crippen LogP contribution is -2.33. The second-order valence-electron chi connectivity index (χ2n) is 12.7. The second-order valence-corrected chi connectivity index (χ2v) is 12.7. The van der Waals surface area contributed by atoms with E-state index in [2.05, 4.69) is 30.1 Å². The van der Waals surface area contributed by atoms with Crippen LogP contribution in [-0.4, -0.2) is 47.5 Å². The molecule has 1 spiro atoms. The van der Waals surface area contributed by atoms with Crippen LogP contribution in [0.15, 0.2) is 42.5 Å². The van der Waals surface area contributed by atoms with Gasteiger partial charge in [0.15, 0.2) is 0 Å². The van der Waals surface area contributed by atoms with E-state index in [9.17, 15) is 14.7 Å². The lowest BCUT2D eigenvalue weighted by molar-refractivity contribution is -0.123. The van der Waals surface area contributed by atoms with Gasteiger partial charge in [0.2, 0.25) is 0 Å². The summed E-state index contributed by atoms with van der Waals surface area (Å²) in [4.78, 5) is 27.5. The molecule has 4 fully saturated rings. The summed E-state index contributed by atoms with van der Waals surface area (Å²) in [5, 5.41) is 9.69. The Labute approximate surface area is 226 Å². The van der Waals surface area contributed by atoms with E-state index in [0.717, 1.165) is 49.1 Å². The van der Waals surface area contributed by atoms with Crippen molar-refractivity contribution in [2.75, 3.05) is 13.6 Å². The highest BCUT2D eigenvalue weighted by atomic mass is 16.5. The molecule has 5 heteroatoms. The first-order valence-corrected chi connectivity index (χ1v) is 14.8. The third-order valence-corrected chi connectivity index (χ3v) is 10.1. The van der Waals surface area contributed by atoms with E-state index in [1.165, 1.54) is 50.5 Å². The summed E-state index contributed by atoms with van der Waals surface area (Å²) < 4.78 is 6.60. The highest BCUT2D eigenvalue weighted by molar-refractivity contribution is 5.91. The maximum absolute atomic E-state index is 13.4. The number of ether oxygens (including phenoxy) is 1. The number of carbonyl (C=O) groups is 2. The Morgan fingerprint density at radius 2 is 1.79 bits per heavy atom. The number of hydrogen-bond donors (Lipinski definition) is 1. The van der Waals surface area contributed by atoms with Gasteiger partial charge in [0.25, 0.3) is 0 Å². The van der Waals surface area contributed by atoms with Crippen LogP contribution in [0, 0.1) is 11.3 Å². The molecule has 1 N–H and O–H groups in total. The number of carboxylic acid groups (broad SMARTS) is 1. The number of likely N-dealkylation sites (tertiary alicyclic amines) is 1. The van der Waals surface area contributed by atoms with Crippen LogP contribution in [0.25, 0.3) is 11.1 Å². The largest absolute Gasteiger partial charge is 0.490 e. The number of likely N-dealkylation sites (N-methyl/N-ethyl adjacent to an activating group) is 1. The number of carbonyl (C=O) groups excluding carboxylic acids is 1. The van der Waals surface area contributed by atoms with Gasteiger partial charge in [0, 0.05) is 18.5 Å². The number of aromatic carboxylic acids is 1. The van der Waals surface area contributed by atoms with Gasteiger partial charge in [-0.2, -0.15) is 0 Å². The molecule has 4 aliphatic rings. The molecule has 5 nitrogen and oxygen atoms in total. The van der Waals surface area contributed by atoms with E-state index in [-0.39, 0.29) is 17.7 Å². The Morgan fingerprint density at radius 3 is 2.53 bits per heavy atom. The molecule has 0 amide bonds. The smallest absolute Gasteiger partial charge is 0.335 e. The van der Waals surface area contributed by atoms with E-state index in [1.54, 1.807) is 12.1 Å². The maximum atomic E-state index is 13.4. The van der Waals surface area contributed by atoms with Crippen LogP contribution < -0.4 is 4.74 Å². The quantitative estimate of drug-likeness (QED) is 0.406. The van der Waals surface area contributed by atoms with Gasteiger partial charge >= 0.3 is 5.97 Å². The van der Waals surface area contributed by atoms with Crippen molar-refractivity contribution in [3.63, 3.8) is 0 Å². The number of rotatable bonds is 8. The molecule has 0 unspecified atom stereocenters. The summed E-state index contributed by atoms with van der Waals surface area (Å²) in [5.74, 6) is 1.16. The molecule has 0 aromatic heterocycles. The summed E-state index contributed by atoms with van der Waals surface area (Å²) in [6.07, 6.45) is 13.4. The summed E-state index contributed by atoms with van der Waals surface area (Å²) in [5.41, 5.74) is 3.93. The first-order valence-electron chi connectivity index (χ1n) is 14.8. The first kappa shape index (κ1) is 25.6. The van der Waals surface area contributed by atoms with Crippen LogP contribution >= 0.6 is 0 Å². The molecular formula is C33H41NO4. The molecule has 2 aromatic rings. The van der Waals surface area contributed by atoms with Gasteiger partial charge in [-0.25, -0.2) is 4.79 Å². The fourth-order valence-electron chi connectivity index (χ4n) is 7.83. The third-order valence-electron chi connectivity index (χ3n) is 10.1. The highest BCUT2D eigenvalue weighted by Crippen LogP contribution is 2.48. The number of hydrogen-bond acceptors (Lipinski definition) is 4. The molecular weight excluding hydrogens is 474 g/mol. The Morgan fingerprint density at radius 1 is 1.00 bits per heavy atom. The van der Waals surface area contributed by atoms with Crippen molar-refractivity contribution in [3.8, 4) is 16.9 Å². The second kappa shape index (κ2) is 10.5. The maximum Gasteiger partial charge on any atom is 0.335 e. The minimum Gasteiger partial charge on any atom is -0.490 e.